The van der Waals surface area contributed by atoms with Crippen LogP contribution in [0.3, 0.4) is 0 Å². The van der Waals surface area contributed by atoms with Gasteiger partial charge in [-0.1, -0.05) is 48.5 Å². The number of aromatic amines is 1. The third kappa shape index (κ3) is 2.83. The molecule has 1 saturated heterocycles. The van der Waals surface area contributed by atoms with E-state index in [9.17, 15) is 4.79 Å². The summed E-state index contributed by atoms with van der Waals surface area (Å²) < 4.78 is 5.60. The minimum absolute atomic E-state index is 0.0482. The van der Waals surface area contributed by atoms with E-state index >= 15 is 0 Å². The first kappa shape index (κ1) is 17.5. The highest BCUT2D eigenvalue weighted by Crippen LogP contribution is 2.38. The number of para-hydroxylation sites is 1. The lowest BCUT2D eigenvalue weighted by atomic mass is 9.73. The predicted octanol–water partition coefficient (Wildman–Crippen LogP) is 4.41. The molecular weight excluding hydrogens is 348 g/mol. The normalized spacial score (nSPS) is 21.2. The summed E-state index contributed by atoms with van der Waals surface area (Å²) in [6, 6.07) is 18.7. The zero-order chi connectivity index (χ0) is 19.0. The van der Waals surface area contributed by atoms with Crippen molar-refractivity contribution in [3.05, 3.63) is 71.4 Å². The highest BCUT2D eigenvalue weighted by molar-refractivity contribution is 5.89. The van der Waals surface area contributed by atoms with Crippen LogP contribution < -0.4 is 5.32 Å². The van der Waals surface area contributed by atoms with Gasteiger partial charge in [-0.2, -0.15) is 0 Å². The van der Waals surface area contributed by atoms with Crippen molar-refractivity contribution in [3.8, 4) is 0 Å². The van der Waals surface area contributed by atoms with Crippen LogP contribution in [0.4, 0.5) is 0 Å². The number of fused-ring (bicyclic) bond motifs is 3. The number of hydrogen-bond acceptors (Lipinski definition) is 2. The van der Waals surface area contributed by atoms with Gasteiger partial charge in [-0.25, -0.2) is 0 Å². The van der Waals surface area contributed by atoms with Gasteiger partial charge in [-0.15, -0.1) is 0 Å². The van der Waals surface area contributed by atoms with Crippen molar-refractivity contribution in [2.45, 2.75) is 43.6 Å². The molecule has 0 saturated carbocycles. The molecule has 0 radical (unpaired) electrons. The second-order valence-corrected chi connectivity index (χ2v) is 8.04. The molecule has 1 atom stereocenters. The van der Waals surface area contributed by atoms with Crippen molar-refractivity contribution < 1.29 is 9.53 Å². The first-order valence-corrected chi connectivity index (χ1v) is 10.3. The molecule has 2 heterocycles. The molecule has 1 amide bonds. The van der Waals surface area contributed by atoms with Gasteiger partial charge in [-0.05, 0) is 49.3 Å². The number of aryl methyl sites for hydroxylation is 1. The van der Waals surface area contributed by atoms with Crippen LogP contribution in [-0.2, 0) is 21.4 Å². The number of amides is 1. The van der Waals surface area contributed by atoms with Gasteiger partial charge in [0, 0.05) is 29.8 Å². The van der Waals surface area contributed by atoms with Gasteiger partial charge in [0.05, 0.1) is 11.5 Å². The number of aromatic nitrogens is 1. The molecule has 5 rings (SSSR count). The highest BCUT2D eigenvalue weighted by atomic mass is 16.5. The number of nitrogens with one attached hydrogen (secondary N) is 2. The zero-order valence-corrected chi connectivity index (χ0v) is 16.0. The molecule has 1 aliphatic heterocycles. The van der Waals surface area contributed by atoms with Gasteiger partial charge in [0.15, 0.2) is 0 Å². The molecule has 2 aromatic carbocycles. The topological polar surface area (TPSA) is 54.1 Å². The van der Waals surface area contributed by atoms with Crippen molar-refractivity contribution in [2.75, 3.05) is 13.2 Å². The van der Waals surface area contributed by atoms with Gasteiger partial charge < -0.3 is 15.0 Å². The Labute approximate surface area is 165 Å². The number of ether oxygens (including phenoxy) is 1. The number of carbonyl (C=O) groups is 1. The van der Waals surface area contributed by atoms with Crippen LogP contribution in [0.2, 0.25) is 0 Å². The number of hydrogen-bond donors (Lipinski definition) is 2. The van der Waals surface area contributed by atoms with E-state index in [2.05, 4.69) is 46.7 Å². The summed E-state index contributed by atoms with van der Waals surface area (Å²) in [5.74, 6) is 0.138. The Hall–Kier alpha value is -2.59. The van der Waals surface area contributed by atoms with Gasteiger partial charge in [0.1, 0.15) is 0 Å². The van der Waals surface area contributed by atoms with E-state index in [4.69, 9.17) is 4.74 Å². The average molecular weight is 374 g/mol. The SMILES string of the molecule is O=C(N[C@H]1CCCc2c1[nH]c1ccccc21)C1(c2ccccc2)CCOCC1. The summed E-state index contributed by atoms with van der Waals surface area (Å²) in [5, 5.41) is 4.71. The maximum atomic E-state index is 13.6. The molecule has 2 aliphatic rings. The van der Waals surface area contributed by atoms with E-state index in [0.29, 0.717) is 13.2 Å². The maximum absolute atomic E-state index is 13.6. The highest BCUT2D eigenvalue weighted by Gasteiger charge is 2.42. The molecule has 0 unspecified atom stereocenters. The van der Waals surface area contributed by atoms with E-state index in [1.807, 2.05) is 18.2 Å². The number of H-pyrrole nitrogens is 1. The third-order valence-corrected chi connectivity index (χ3v) is 6.53. The van der Waals surface area contributed by atoms with E-state index in [0.717, 1.165) is 43.2 Å². The molecule has 28 heavy (non-hydrogen) atoms. The van der Waals surface area contributed by atoms with Crippen molar-refractivity contribution in [3.63, 3.8) is 0 Å². The smallest absolute Gasteiger partial charge is 0.231 e. The van der Waals surface area contributed by atoms with Crippen LogP contribution in [0.25, 0.3) is 10.9 Å². The fourth-order valence-electron chi connectivity index (χ4n) is 4.98. The lowest BCUT2D eigenvalue weighted by molar-refractivity contribution is -0.131. The molecule has 4 heteroatoms. The molecule has 1 aliphatic carbocycles. The van der Waals surface area contributed by atoms with Crippen LogP contribution in [0, 0.1) is 0 Å². The van der Waals surface area contributed by atoms with Crippen molar-refractivity contribution >= 4 is 16.8 Å². The van der Waals surface area contributed by atoms with E-state index < -0.39 is 5.41 Å². The van der Waals surface area contributed by atoms with Crippen molar-refractivity contribution in [2.24, 2.45) is 0 Å². The average Bonchev–Trinajstić information content (AvgIpc) is 3.15. The molecule has 144 valence electrons. The molecule has 3 aromatic rings. The Balaban J connectivity index is 1.48. The Morgan fingerprint density at radius 2 is 1.79 bits per heavy atom. The number of carbonyl (C=O) groups excluding carboxylic acids is 1. The molecular formula is C24H26N2O2. The second-order valence-electron chi connectivity index (χ2n) is 8.04. The van der Waals surface area contributed by atoms with Gasteiger partial charge in [-0.3, -0.25) is 4.79 Å². The Morgan fingerprint density at radius 1 is 1.04 bits per heavy atom. The van der Waals surface area contributed by atoms with Gasteiger partial charge in [0.2, 0.25) is 5.91 Å². The van der Waals surface area contributed by atoms with Crippen molar-refractivity contribution in [1.82, 2.24) is 10.3 Å². The predicted molar refractivity (Wildman–Crippen MR) is 110 cm³/mol. The molecule has 1 aromatic heterocycles. The second kappa shape index (κ2) is 7.10. The number of benzene rings is 2. The largest absolute Gasteiger partial charge is 0.381 e. The van der Waals surface area contributed by atoms with E-state index in [1.54, 1.807) is 0 Å². The lowest BCUT2D eigenvalue weighted by Gasteiger charge is -2.38. The van der Waals surface area contributed by atoms with Crippen LogP contribution in [0.15, 0.2) is 54.6 Å². The summed E-state index contributed by atoms with van der Waals surface area (Å²) in [6.45, 7) is 1.26. The molecule has 4 nitrogen and oxygen atoms in total. The van der Waals surface area contributed by atoms with E-state index in [1.165, 1.54) is 16.6 Å². The summed E-state index contributed by atoms with van der Waals surface area (Å²) in [4.78, 5) is 17.2. The van der Waals surface area contributed by atoms with Crippen molar-refractivity contribution in [1.29, 1.82) is 0 Å². The summed E-state index contributed by atoms with van der Waals surface area (Å²) in [7, 11) is 0. The van der Waals surface area contributed by atoms with Gasteiger partial charge >= 0.3 is 0 Å². The van der Waals surface area contributed by atoms with E-state index in [-0.39, 0.29) is 11.9 Å². The Bertz CT molecular complexity index is 986. The summed E-state index contributed by atoms with van der Waals surface area (Å²) in [6.07, 6.45) is 4.61. The van der Waals surface area contributed by atoms with Crippen LogP contribution in [0.5, 0.6) is 0 Å². The van der Waals surface area contributed by atoms with Gasteiger partial charge in [0.25, 0.3) is 0 Å². The monoisotopic (exact) mass is 374 g/mol. The molecule has 2 N–H and O–H groups in total. The molecule has 1 fully saturated rings. The standard InChI is InChI=1S/C24H26N2O2/c27-23(24(13-15-28-16-14-24)17-7-2-1-3-8-17)26-21-12-6-10-19-18-9-4-5-11-20(18)25-22(19)21/h1-5,7-9,11,21,25H,6,10,12-16H2,(H,26,27)/t21-/m0/s1. The maximum Gasteiger partial charge on any atom is 0.231 e. The Kier molecular flexibility index (Phi) is 4.44. The molecule has 0 spiro atoms. The summed E-state index contributed by atoms with van der Waals surface area (Å²) >= 11 is 0. The van der Waals surface area contributed by atoms with Crippen LogP contribution >= 0.6 is 0 Å². The number of rotatable bonds is 3. The zero-order valence-electron chi connectivity index (χ0n) is 16.0. The minimum atomic E-state index is -0.497. The Morgan fingerprint density at radius 3 is 2.61 bits per heavy atom. The fraction of sp³-hybridized carbons (Fsp3) is 0.375. The lowest BCUT2D eigenvalue weighted by Crippen LogP contribution is -2.49. The molecule has 0 bridgehead atoms. The minimum Gasteiger partial charge on any atom is -0.381 e. The van der Waals surface area contributed by atoms with Crippen LogP contribution in [0.1, 0.15) is 48.5 Å². The quantitative estimate of drug-likeness (QED) is 0.713. The third-order valence-electron chi connectivity index (χ3n) is 6.53. The van der Waals surface area contributed by atoms with Crippen LogP contribution in [-0.4, -0.2) is 24.1 Å². The first-order chi connectivity index (χ1) is 13.8. The first-order valence-electron chi connectivity index (χ1n) is 10.3. The fourth-order valence-corrected chi connectivity index (χ4v) is 4.98. The summed E-state index contributed by atoms with van der Waals surface area (Å²) in [5.41, 5.74) is 4.33.